The highest BCUT2D eigenvalue weighted by Gasteiger charge is 2.55. The quantitative estimate of drug-likeness (QED) is 0.597. The lowest BCUT2D eigenvalue weighted by Crippen LogP contribution is -2.47. The van der Waals surface area contributed by atoms with Gasteiger partial charge in [-0.3, -0.25) is 0 Å². The van der Waals surface area contributed by atoms with E-state index in [0.717, 1.165) is 0 Å². The van der Waals surface area contributed by atoms with E-state index in [1.165, 1.54) is 0 Å². The van der Waals surface area contributed by atoms with Crippen LogP contribution < -0.4 is 0 Å². The molecule has 4 atom stereocenters. The highest BCUT2D eigenvalue weighted by molar-refractivity contribution is 5.14. The minimum absolute atomic E-state index is 0.358. The maximum Gasteiger partial charge on any atom is 0.117 e. The molecule has 0 saturated carbocycles. The van der Waals surface area contributed by atoms with E-state index in [1.807, 2.05) is 13.0 Å². The van der Waals surface area contributed by atoms with Gasteiger partial charge in [0.05, 0.1) is 6.10 Å². The average molecular weight is 186 g/mol. The molecule has 0 radical (unpaired) electrons. The van der Waals surface area contributed by atoms with E-state index < -0.39 is 17.3 Å². The minimum atomic E-state index is -1.17. The zero-order valence-electron chi connectivity index (χ0n) is 8.61. The Morgan fingerprint density at radius 1 is 1.38 bits per heavy atom. The number of aliphatic hydroxyl groups excluding tert-OH is 1. The Morgan fingerprint density at radius 2 is 1.92 bits per heavy atom. The summed E-state index contributed by atoms with van der Waals surface area (Å²) in [6.45, 7) is 6.99. The fraction of sp³-hybridized carbons (Fsp3) is 0.800. The van der Waals surface area contributed by atoms with Crippen molar-refractivity contribution in [3.63, 3.8) is 0 Å². The topological polar surface area (TPSA) is 49.7 Å². The summed E-state index contributed by atoms with van der Waals surface area (Å²) in [6.07, 6.45) is 2.35. The zero-order valence-corrected chi connectivity index (χ0v) is 8.61. The third-order valence-electron chi connectivity index (χ3n) is 2.85. The number of hydrogen-bond donors (Lipinski definition) is 2. The lowest BCUT2D eigenvalue weighted by atomic mass is 9.87. The van der Waals surface area contributed by atoms with Gasteiger partial charge >= 0.3 is 0 Å². The monoisotopic (exact) mass is 186 g/mol. The van der Waals surface area contributed by atoms with Crippen LogP contribution in [0.1, 0.15) is 27.7 Å². The zero-order chi connectivity index (χ0) is 10.3. The molecular weight excluding hydrogens is 168 g/mol. The van der Waals surface area contributed by atoms with E-state index in [9.17, 15) is 10.2 Å². The molecule has 4 unspecified atom stereocenters. The average Bonchev–Trinajstić information content (AvgIpc) is 2.14. The molecule has 76 valence electrons. The van der Waals surface area contributed by atoms with Gasteiger partial charge in [-0.15, -0.1) is 0 Å². The maximum absolute atomic E-state index is 9.88. The summed E-state index contributed by atoms with van der Waals surface area (Å²) in [5.41, 5.74) is -1.94. The fourth-order valence-corrected chi connectivity index (χ4v) is 1.83. The van der Waals surface area contributed by atoms with Crippen molar-refractivity contribution in [1.29, 1.82) is 0 Å². The van der Waals surface area contributed by atoms with Gasteiger partial charge in [0.25, 0.3) is 0 Å². The van der Waals surface area contributed by atoms with Gasteiger partial charge < -0.3 is 14.9 Å². The maximum atomic E-state index is 9.88. The molecule has 1 fully saturated rings. The standard InChI is InChI=1S/C10H18O3/c1-5-6-9(3)8(11)10(4,12)7(2)13-9/h5-8,11-12H,1-4H3/b6-5+. The van der Waals surface area contributed by atoms with Crippen LogP contribution in [0.3, 0.4) is 0 Å². The fourth-order valence-electron chi connectivity index (χ4n) is 1.83. The van der Waals surface area contributed by atoms with Crippen LogP contribution in [0.5, 0.6) is 0 Å². The second kappa shape index (κ2) is 3.08. The molecule has 13 heavy (non-hydrogen) atoms. The predicted octanol–water partition coefficient (Wildman–Crippen LogP) is 0.852. The molecule has 0 aliphatic carbocycles. The summed E-state index contributed by atoms with van der Waals surface area (Å²) in [4.78, 5) is 0. The second-order valence-corrected chi connectivity index (χ2v) is 4.07. The van der Waals surface area contributed by atoms with Crippen molar-refractivity contribution in [2.45, 2.75) is 51.1 Å². The summed E-state index contributed by atoms with van der Waals surface area (Å²) < 4.78 is 5.53. The van der Waals surface area contributed by atoms with Crippen molar-refractivity contribution in [2.75, 3.05) is 0 Å². The van der Waals surface area contributed by atoms with E-state index >= 15 is 0 Å². The predicted molar refractivity (Wildman–Crippen MR) is 50.4 cm³/mol. The molecule has 0 aromatic carbocycles. The van der Waals surface area contributed by atoms with Crippen LogP contribution >= 0.6 is 0 Å². The highest BCUT2D eigenvalue weighted by atomic mass is 16.6. The molecule has 1 aliphatic heterocycles. The summed E-state index contributed by atoms with van der Waals surface area (Å²) in [7, 11) is 0. The van der Waals surface area contributed by atoms with E-state index in [-0.39, 0.29) is 6.10 Å². The van der Waals surface area contributed by atoms with E-state index in [2.05, 4.69) is 0 Å². The van der Waals surface area contributed by atoms with Gasteiger partial charge in [-0.2, -0.15) is 0 Å². The van der Waals surface area contributed by atoms with Crippen molar-refractivity contribution in [2.24, 2.45) is 0 Å². The van der Waals surface area contributed by atoms with Crippen LogP contribution in [0.25, 0.3) is 0 Å². The van der Waals surface area contributed by atoms with Gasteiger partial charge in [0.15, 0.2) is 0 Å². The molecular formula is C10H18O3. The number of rotatable bonds is 1. The van der Waals surface area contributed by atoms with Crippen LogP contribution in [-0.4, -0.2) is 33.6 Å². The smallest absolute Gasteiger partial charge is 0.117 e. The first kappa shape index (κ1) is 10.7. The SMILES string of the molecule is C/C=C/C1(C)OC(C)C(C)(O)C1O. The van der Waals surface area contributed by atoms with E-state index in [4.69, 9.17) is 4.74 Å². The van der Waals surface area contributed by atoms with Crippen molar-refractivity contribution in [3.05, 3.63) is 12.2 Å². The molecule has 3 heteroatoms. The number of ether oxygens (including phenoxy) is 1. The first-order valence-electron chi connectivity index (χ1n) is 4.56. The second-order valence-electron chi connectivity index (χ2n) is 4.07. The van der Waals surface area contributed by atoms with E-state index in [1.54, 1.807) is 26.8 Å². The lowest BCUT2D eigenvalue weighted by Gasteiger charge is -2.27. The molecule has 0 spiro atoms. The molecule has 0 aromatic rings. The molecule has 0 amide bonds. The van der Waals surface area contributed by atoms with Gasteiger partial charge in [0.1, 0.15) is 17.3 Å². The summed E-state index contributed by atoms with van der Waals surface area (Å²) in [5.74, 6) is 0. The summed E-state index contributed by atoms with van der Waals surface area (Å²) in [6, 6.07) is 0. The molecule has 1 saturated heterocycles. The highest BCUT2D eigenvalue weighted by Crippen LogP contribution is 2.38. The minimum Gasteiger partial charge on any atom is -0.387 e. The largest absolute Gasteiger partial charge is 0.387 e. The Kier molecular flexibility index (Phi) is 2.54. The Hall–Kier alpha value is -0.380. The van der Waals surface area contributed by atoms with Crippen molar-refractivity contribution < 1.29 is 14.9 Å². The van der Waals surface area contributed by atoms with Crippen LogP contribution in [0.15, 0.2) is 12.2 Å². The number of aliphatic hydroxyl groups is 2. The normalized spacial score (nSPS) is 51.8. The van der Waals surface area contributed by atoms with Gasteiger partial charge in [-0.05, 0) is 27.7 Å². The molecule has 0 aromatic heterocycles. The molecule has 1 aliphatic rings. The first-order valence-corrected chi connectivity index (χ1v) is 4.56. The Bertz CT molecular complexity index is 222. The molecule has 1 heterocycles. The van der Waals surface area contributed by atoms with Gasteiger partial charge in [-0.1, -0.05) is 12.2 Å². The Labute approximate surface area is 79.0 Å². The van der Waals surface area contributed by atoms with Gasteiger partial charge in [-0.25, -0.2) is 0 Å². The summed E-state index contributed by atoms with van der Waals surface area (Å²) >= 11 is 0. The Balaban J connectivity index is 2.96. The van der Waals surface area contributed by atoms with Crippen molar-refractivity contribution >= 4 is 0 Å². The van der Waals surface area contributed by atoms with Crippen LogP contribution in [-0.2, 0) is 4.74 Å². The molecule has 2 N–H and O–H groups in total. The number of hydrogen-bond acceptors (Lipinski definition) is 3. The summed E-state index contributed by atoms with van der Waals surface area (Å²) in [5, 5.41) is 19.7. The molecule has 3 nitrogen and oxygen atoms in total. The van der Waals surface area contributed by atoms with Crippen LogP contribution in [0, 0.1) is 0 Å². The van der Waals surface area contributed by atoms with Crippen molar-refractivity contribution in [3.8, 4) is 0 Å². The third kappa shape index (κ3) is 1.52. The molecule has 1 rings (SSSR count). The molecule has 0 bridgehead atoms. The van der Waals surface area contributed by atoms with Gasteiger partial charge in [0.2, 0.25) is 0 Å². The number of allylic oxidation sites excluding steroid dienone is 1. The first-order chi connectivity index (χ1) is 5.84. The van der Waals surface area contributed by atoms with Crippen molar-refractivity contribution in [1.82, 2.24) is 0 Å². The lowest BCUT2D eigenvalue weighted by molar-refractivity contribution is -0.0579. The van der Waals surface area contributed by atoms with E-state index in [0.29, 0.717) is 0 Å². The Morgan fingerprint density at radius 3 is 2.23 bits per heavy atom. The van der Waals surface area contributed by atoms with Crippen LogP contribution in [0.2, 0.25) is 0 Å². The van der Waals surface area contributed by atoms with Gasteiger partial charge in [0, 0.05) is 0 Å². The third-order valence-corrected chi connectivity index (χ3v) is 2.85. The van der Waals surface area contributed by atoms with Crippen LogP contribution in [0.4, 0.5) is 0 Å².